The van der Waals surface area contributed by atoms with Crippen molar-refractivity contribution in [3.63, 3.8) is 0 Å². The van der Waals surface area contributed by atoms with Gasteiger partial charge in [-0.15, -0.1) is 0 Å². The Kier molecular flexibility index (Phi) is 7.47. The van der Waals surface area contributed by atoms with Crippen molar-refractivity contribution in [2.24, 2.45) is 11.7 Å². The van der Waals surface area contributed by atoms with Crippen molar-refractivity contribution in [3.05, 3.63) is 46.6 Å². The minimum atomic E-state index is -0.364. The van der Waals surface area contributed by atoms with Crippen LogP contribution in [0, 0.1) is 5.92 Å². The van der Waals surface area contributed by atoms with E-state index in [1.54, 1.807) is 24.3 Å². The molecule has 1 aromatic rings. The Hall–Kier alpha value is -1.85. The Morgan fingerprint density at radius 3 is 2.48 bits per heavy atom. The number of allylic oxidation sites excluding steroid dienone is 2. The van der Waals surface area contributed by atoms with Gasteiger partial charge in [0.2, 0.25) is 0 Å². The van der Waals surface area contributed by atoms with E-state index in [1.807, 2.05) is 0 Å². The number of piperidine rings is 1. The number of benzene rings is 1. The molecule has 2 N–H and O–H groups in total. The quantitative estimate of drug-likeness (QED) is 0.457. The van der Waals surface area contributed by atoms with Gasteiger partial charge in [0.15, 0.2) is 5.78 Å². The number of likely N-dealkylation sites (tertiary alicyclic amines) is 1. The number of nitrogens with two attached hydrogens (primary N) is 1. The third kappa shape index (κ3) is 6.18. The predicted octanol–water partition coefficient (Wildman–Crippen LogP) is 3.03. The second kappa shape index (κ2) is 9.59. The Balaban J connectivity index is 2.01. The third-order valence-electron chi connectivity index (χ3n) is 4.39. The summed E-state index contributed by atoms with van der Waals surface area (Å²) in [7, 11) is 1.38. The van der Waals surface area contributed by atoms with E-state index in [4.69, 9.17) is 22.1 Å². The van der Waals surface area contributed by atoms with Crippen molar-refractivity contribution in [2.75, 3.05) is 26.7 Å². The zero-order valence-corrected chi connectivity index (χ0v) is 15.3. The number of ketones is 1. The first-order valence-corrected chi connectivity index (χ1v) is 8.93. The highest BCUT2D eigenvalue weighted by Crippen LogP contribution is 2.17. The number of hydrogen-bond donors (Lipinski definition) is 1. The summed E-state index contributed by atoms with van der Waals surface area (Å²) in [4.78, 5) is 26.6. The van der Waals surface area contributed by atoms with Crippen molar-refractivity contribution in [1.29, 1.82) is 0 Å². The van der Waals surface area contributed by atoms with Crippen LogP contribution in [0.2, 0.25) is 5.02 Å². The molecular weight excluding hydrogens is 340 g/mol. The monoisotopic (exact) mass is 364 g/mol. The van der Waals surface area contributed by atoms with E-state index in [0.29, 0.717) is 29.2 Å². The molecule has 2 rings (SSSR count). The highest BCUT2D eigenvalue weighted by Gasteiger charge is 2.24. The maximum absolute atomic E-state index is 12.3. The molecule has 1 saturated heterocycles. The molecular formula is C19H25ClN2O3. The van der Waals surface area contributed by atoms with Gasteiger partial charge >= 0.3 is 5.97 Å². The lowest BCUT2D eigenvalue weighted by atomic mass is 9.99. The van der Waals surface area contributed by atoms with E-state index in [2.05, 4.69) is 4.90 Å². The van der Waals surface area contributed by atoms with Gasteiger partial charge in [0, 0.05) is 35.3 Å². The fraction of sp³-hybridized carbons (Fsp3) is 0.474. The van der Waals surface area contributed by atoms with Crippen molar-refractivity contribution >= 4 is 23.4 Å². The average Bonchev–Trinajstić information content (AvgIpc) is 2.61. The summed E-state index contributed by atoms with van der Waals surface area (Å²) in [5, 5.41) is 0.570. The summed E-state index contributed by atoms with van der Waals surface area (Å²) < 4.78 is 4.91. The van der Waals surface area contributed by atoms with Crippen LogP contribution < -0.4 is 5.73 Å². The van der Waals surface area contributed by atoms with Crippen LogP contribution in [0.5, 0.6) is 0 Å². The Bertz CT molecular complexity index is 622. The normalized spacial score (nSPS) is 17.1. The van der Waals surface area contributed by atoms with Gasteiger partial charge < -0.3 is 15.4 Å². The minimum Gasteiger partial charge on any atom is -0.469 e. The molecule has 1 unspecified atom stereocenters. The van der Waals surface area contributed by atoms with Crippen LogP contribution in [-0.4, -0.2) is 43.4 Å². The molecule has 1 fully saturated rings. The van der Waals surface area contributed by atoms with Crippen LogP contribution in [0.3, 0.4) is 0 Å². The molecule has 5 nitrogen and oxygen atoms in total. The van der Waals surface area contributed by atoms with Crippen LogP contribution >= 0.6 is 11.6 Å². The standard InChI is InChI=1S/C19H25ClN2O3/c1-25-19(24)15(13-22-9-3-2-4-10-22)11-17(21)12-18(23)14-5-7-16(20)8-6-14/h5-8,12,15H,2-4,9-11,13,21H2,1H3/b17-12-. The lowest BCUT2D eigenvalue weighted by Gasteiger charge is -2.29. The van der Waals surface area contributed by atoms with Crippen LogP contribution in [0.25, 0.3) is 0 Å². The summed E-state index contributed by atoms with van der Waals surface area (Å²) in [6, 6.07) is 6.62. The molecule has 0 saturated carbocycles. The maximum atomic E-state index is 12.3. The molecule has 1 aromatic carbocycles. The SMILES string of the molecule is COC(=O)C(C/C(N)=C/C(=O)c1ccc(Cl)cc1)CN1CCCCC1. The van der Waals surface area contributed by atoms with E-state index in [9.17, 15) is 9.59 Å². The number of esters is 1. The van der Waals surface area contributed by atoms with E-state index < -0.39 is 0 Å². The highest BCUT2D eigenvalue weighted by atomic mass is 35.5. The summed E-state index contributed by atoms with van der Waals surface area (Å²) in [6.07, 6.45) is 5.22. The Morgan fingerprint density at radius 1 is 1.24 bits per heavy atom. The number of carbonyl (C=O) groups is 2. The highest BCUT2D eigenvalue weighted by molar-refractivity contribution is 6.30. The predicted molar refractivity (Wildman–Crippen MR) is 98.5 cm³/mol. The smallest absolute Gasteiger partial charge is 0.310 e. The van der Waals surface area contributed by atoms with Crippen LogP contribution in [0.15, 0.2) is 36.0 Å². The Labute approximate surface area is 153 Å². The van der Waals surface area contributed by atoms with Crippen molar-refractivity contribution < 1.29 is 14.3 Å². The molecule has 25 heavy (non-hydrogen) atoms. The second-order valence-corrected chi connectivity index (χ2v) is 6.81. The maximum Gasteiger partial charge on any atom is 0.310 e. The number of rotatable bonds is 7. The summed E-state index contributed by atoms with van der Waals surface area (Å²) in [5.41, 5.74) is 6.92. The molecule has 6 heteroatoms. The zero-order chi connectivity index (χ0) is 18.2. The number of hydrogen-bond acceptors (Lipinski definition) is 5. The lowest BCUT2D eigenvalue weighted by Crippen LogP contribution is -2.37. The largest absolute Gasteiger partial charge is 0.469 e. The van der Waals surface area contributed by atoms with Gasteiger partial charge in [0.1, 0.15) is 0 Å². The first kappa shape index (κ1) is 19.5. The van der Waals surface area contributed by atoms with Crippen molar-refractivity contribution in [2.45, 2.75) is 25.7 Å². The molecule has 0 radical (unpaired) electrons. The summed E-state index contributed by atoms with van der Waals surface area (Å²) >= 11 is 5.83. The molecule has 1 aliphatic heterocycles. The molecule has 1 aliphatic rings. The fourth-order valence-electron chi connectivity index (χ4n) is 3.05. The fourth-order valence-corrected chi connectivity index (χ4v) is 3.18. The molecule has 0 aliphatic carbocycles. The van der Waals surface area contributed by atoms with Gasteiger partial charge in [-0.1, -0.05) is 18.0 Å². The van der Waals surface area contributed by atoms with E-state index in [1.165, 1.54) is 19.6 Å². The van der Waals surface area contributed by atoms with Gasteiger partial charge in [-0.2, -0.15) is 0 Å². The van der Waals surface area contributed by atoms with Gasteiger partial charge in [-0.05, 0) is 50.2 Å². The number of methoxy groups -OCH3 is 1. The lowest BCUT2D eigenvalue weighted by molar-refractivity contribution is -0.146. The molecule has 1 heterocycles. The molecule has 0 amide bonds. The molecule has 0 bridgehead atoms. The number of ether oxygens (including phenoxy) is 1. The van der Waals surface area contributed by atoms with Crippen molar-refractivity contribution in [1.82, 2.24) is 4.90 Å². The molecule has 1 atom stereocenters. The first-order chi connectivity index (χ1) is 12.0. The number of halogens is 1. The molecule has 0 spiro atoms. The van der Waals surface area contributed by atoms with Gasteiger partial charge in [0.25, 0.3) is 0 Å². The Morgan fingerprint density at radius 2 is 1.88 bits per heavy atom. The number of nitrogens with zero attached hydrogens (tertiary/aromatic N) is 1. The van der Waals surface area contributed by atoms with Gasteiger partial charge in [-0.3, -0.25) is 9.59 Å². The van der Waals surface area contributed by atoms with Gasteiger partial charge in [-0.25, -0.2) is 0 Å². The number of carbonyl (C=O) groups excluding carboxylic acids is 2. The minimum absolute atomic E-state index is 0.198. The van der Waals surface area contributed by atoms with E-state index in [0.717, 1.165) is 25.9 Å². The van der Waals surface area contributed by atoms with Crippen LogP contribution in [-0.2, 0) is 9.53 Å². The summed E-state index contributed by atoms with van der Waals surface area (Å²) in [6.45, 7) is 2.58. The first-order valence-electron chi connectivity index (χ1n) is 8.55. The van der Waals surface area contributed by atoms with Crippen molar-refractivity contribution in [3.8, 4) is 0 Å². The molecule has 0 aromatic heterocycles. The average molecular weight is 365 g/mol. The van der Waals surface area contributed by atoms with Crippen LogP contribution in [0.1, 0.15) is 36.0 Å². The summed E-state index contributed by atoms with van der Waals surface area (Å²) in [5.74, 6) is -0.853. The zero-order valence-electron chi connectivity index (χ0n) is 14.5. The van der Waals surface area contributed by atoms with E-state index >= 15 is 0 Å². The molecule has 136 valence electrons. The van der Waals surface area contributed by atoms with Gasteiger partial charge in [0.05, 0.1) is 13.0 Å². The van der Waals surface area contributed by atoms with Crippen LogP contribution in [0.4, 0.5) is 0 Å². The van der Waals surface area contributed by atoms with E-state index in [-0.39, 0.29) is 17.7 Å². The topological polar surface area (TPSA) is 72.6 Å². The third-order valence-corrected chi connectivity index (χ3v) is 4.64. The second-order valence-electron chi connectivity index (χ2n) is 6.38.